The second-order valence-corrected chi connectivity index (χ2v) is 4.49. The lowest BCUT2D eigenvalue weighted by atomic mass is 10.0. The fraction of sp³-hybridized carbons (Fsp3) is 0.385. The minimum Gasteiger partial charge on any atom is -0.497 e. The van der Waals surface area contributed by atoms with Crippen molar-refractivity contribution in [3.63, 3.8) is 0 Å². The first-order valence-electron chi connectivity index (χ1n) is 6.09. The third-order valence-corrected chi connectivity index (χ3v) is 3.40. The van der Waals surface area contributed by atoms with Crippen molar-refractivity contribution in [2.24, 2.45) is 0 Å². The van der Waals surface area contributed by atoms with E-state index in [0.717, 1.165) is 18.9 Å². The molecule has 1 aliphatic rings. The van der Waals surface area contributed by atoms with Crippen molar-refractivity contribution in [3.05, 3.63) is 29.8 Å². The second-order valence-electron chi connectivity index (χ2n) is 4.49. The molecule has 0 amide bonds. The van der Waals surface area contributed by atoms with E-state index in [-0.39, 0.29) is 0 Å². The number of hydrogen-bond donors (Lipinski definition) is 1. The molecule has 0 unspecified atom stereocenters. The number of ether oxygens (including phenoxy) is 2. The van der Waals surface area contributed by atoms with Crippen LogP contribution < -0.4 is 10.1 Å². The molecule has 2 aromatic rings. The molecule has 1 aliphatic heterocycles. The highest BCUT2D eigenvalue weighted by Gasteiger charge is 2.27. The van der Waals surface area contributed by atoms with Crippen LogP contribution in [0, 0.1) is 0 Å². The molecular formula is C13H15N3O3. The molecule has 6 nitrogen and oxygen atoms in total. The number of methoxy groups -OCH3 is 2. The number of pyridine rings is 1. The summed E-state index contributed by atoms with van der Waals surface area (Å²) in [7, 11) is 2.95. The molecule has 0 spiro atoms. The summed E-state index contributed by atoms with van der Waals surface area (Å²) in [6.45, 7) is 1.76. The lowest BCUT2D eigenvalue weighted by molar-refractivity contribution is 0.0596. The van der Waals surface area contributed by atoms with Crippen molar-refractivity contribution >= 4 is 11.5 Å². The number of nitrogens with one attached hydrogen (secondary N) is 1. The van der Waals surface area contributed by atoms with Crippen molar-refractivity contribution in [2.45, 2.75) is 5.92 Å². The van der Waals surface area contributed by atoms with Crippen LogP contribution in [0.15, 0.2) is 18.3 Å². The van der Waals surface area contributed by atoms with E-state index in [4.69, 9.17) is 9.47 Å². The molecule has 1 fully saturated rings. The number of carbonyl (C=O) groups is 1. The number of esters is 1. The number of carbonyl (C=O) groups excluding carboxylic acids is 1. The molecule has 0 radical (unpaired) electrons. The van der Waals surface area contributed by atoms with E-state index in [1.165, 1.54) is 7.11 Å². The summed E-state index contributed by atoms with van der Waals surface area (Å²) < 4.78 is 11.9. The molecule has 0 aliphatic carbocycles. The van der Waals surface area contributed by atoms with E-state index >= 15 is 0 Å². The number of nitrogens with zero attached hydrogens (tertiary/aromatic N) is 2. The molecule has 0 aromatic carbocycles. The van der Waals surface area contributed by atoms with Gasteiger partial charge in [0.2, 0.25) is 0 Å². The minimum atomic E-state index is -0.427. The van der Waals surface area contributed by atoms with Gasteiger partial charge in [-0.2, -0.15) is 0 Å². The van der Waals surface area contributed by atoms with Gasteiger partial charge in [-0.3, -0.25) is 0 Å². The average Bonchev–Trinajstić information content (AvgIpc) is 2.74. The van der Waals surface area contributed by atoms with E-state index in [1.54, 1.807) is 13.2 Å². The number of aromatic nitrogens is 2. The van der Waals surface area contributed by atoms with Crippen LogP contribution in [0.3, 0.4) is 0 Å². The summed E-state index contributed by atoms with van der Waals surface area (Å²) >= 11 is 0. The quantitative estimate of drug-likeness (QED) is 0.829. The molecule has 100 valence electrons. The van der Waals surface area contributed by atoms with E-state index in [2.05, 4.69) is 10.3 Å². The van der Waals surface area contributed by atoms with Crippen molar-refractivity contribution < 1.29 is 14.3 Å². The van der Waals surface area contributed by atoms with E-state index in [0.29, 0.717) is 22.9 Å². The zero-order valence-electron chi connectivity index (χ0n) is 10.8. The molecule has 3 rings (SSSR count). The van der Waals surface area contributed by atoms with Crippen LogP contribution in [0.25, 0.3) is 5.52 Å². The zero-order valence-corrected chi connectivity index (χ0v) is 10.8. The van der Waals surface area contributed by atoms with Crippen LogP contribution in [0.5, 0.6) is 5.75 Å². The Hall–Kier alpha value is -2.08. The molecule has 0 saturated carbocycles. The fourth-order valence-corrected chi connectivity index (χ4v) is 2.22. The van der Waals surface area contributed by atoms with Gasteiger partial charge < -0.3 is 19.2 Å². The Morgan fingerprint density at radius 2 is 2.26 bits per heavy atom. The molecule has 6 heteroatoms. The predicted molar refractivity (Wildman–Crippen MR) is 68.7 cm³/mol. The third kappa shape index (κ3) is 1.84. The van der Waals surface area contributed by atoms with Gasteiger partial charge in [0.25, 0.3) is 0 Å². The molecule has 0 bridgehead atoms. The SMILES string of the molecule is COC(=O)c1nc(C2CNC2)n2ccc(OC)cc12. The van der Waals surface area contributed by atoms with E-state index in [9.17, 15) is 4.79 Å². The minimum absolute atomic E-state index is 0.333. The molecular weight excluding hydrogens is 246 g/mol. The average molecular weight is 261 g/mol. The normalized spacial score (nSPS) is 15.3. The lowest BCUT2D eigenvalue weighted by Crippen LogP contribution is -2.40. The Morgan fingerprint density at radius 1 is 1.47 bits per heavy atom. The maximum atomic E-state index is 11.8. The van der Waals surface area contributed by atoms with Crippen LogP contribution in [0.2, 0.25) is 0 Å². The van der Waals surface area contributed by atoms with E-state index in [1.807, 2.05) is 16.7 Å². The molecule has 1 saturated heterocycles. The maximum Gasteiger partial charge on any atom is 0.358 e. The monoisotopic (exact) mass is 261 g/mol. The highest BCUT2D eigenvalue weighted by molar-refractivity contribution is 5.95. The highest BCUT2D eigenvalue weighted by Crippen LogP contribution is 2.25. The van der Waals surface area contributed by atoms with Crippen molar-refractivity contribution in [2.75, 3.05) is 27.3 Å². The Kier molecular flexibility index (Phi) is 2.87. The predicted octanol–water partition coefficient (Wildman–Crippen LogP) is 0.816. The molecule has 1 N–H and O–H groups in total. The number of hydrogen-bond acceptors (Lipinski definition) is 5. The van der Waals surface area contributed by atoms with Gasteiger partial charge in [-0.05, 0) is 6.07 Å². The molecule has 0 atom stereocenters. The Balaban J connectivity index is 2.19. The molecule has 19 heavy (non-hydrogen) atoms. The van der Waals surface area contributed by atoms with Gasteiger partial charge >= 0.3 is 5.97 Å². The van der Waals surface area contributed by atoms with Crippen LogP contribution in [-0.4, -0.2) is 42.7 Å². The van der Waals surface area contributed by atoms with Gasteiger partial charge in [0.05, 0.1) is 19.7 Å². The zero-order chi connectivity index (χ0) is 13.4. The van der Waals surface area contributed by atoms with Crippen LogP contribution in [0.4, 0.5) is 0 Å². The Labute approximate surface area is 110 Å². The Bertz CT molecular complexity index is 631. The topological polar surface area (TPSA) is 64.9 Å². The highest BCUT2D eigenvalue weighted by atomic mass is 16.5. The van der Waals surface area contributed by atoms with Crippen LogP contribution >= 0.6 is 0 Å². The van der Waals surface area contributed by atoms with Gasteiger partial charge in [0, 0.05) is 31.3 Å². The largest absolute Gasteiger partial charge is 0.497 e. The standard InChI is InChI=1S/C13H15N3O3/c1-18-9-3-4-16-10(5-9)11(13(17)19-2)15-12(16)8-6-14-7-8/h3-5,8,14H,6-7H2,1-2H3. The Morgan fingerprint density at radius 3 is 2.84 bits per heavy atom. The van der Waals surface area contributed by atoms with E-state index < -0.39 is 5.97 Å². The lowest BCUT2D eigenvalue weighted by Gasteiger charge is -2.25. The fourth-order valence-electron chi connectivity index (χ4n) is 2.22. The first-order chi connectivity index (χ1) is 9.24. The van der Waals surface area contributed by atoms with Crippen LogP contribution in [-0.2, 0) is 4.74 Å². The van der Waals surface area contributed by atoms with Gasteiger partial charge in [0.1, 0.15) is 11.6 Å². The summed E-state index contributed by atoms with van der Waals surface area (Å²) in [6, 6.07) is 3.65. The summed E-state index contributed by atoms with van der Waals surface area (Å²) in [4.78, 5) is 16.3. The number of imidazole rings is 1. The van der Waals surface area contributed by atoms with Gasteiger partial charge in [-0.1, -0.05) is 0 Å². The molecule has 3 heterocycles. The first-order valence-corrected chi connectivity index (χ1v) is 6.09. The van der Waals surface area contributed by atoms with Crippen molar-refractivity contribution in [1.82, 2.24) is 14.7 Å². The smallest absolute Gasteiger partial charge is 0.358 e. The van der Waals surface area contributed by atoms with Crippen LogP contribution in [0.1, 0.15) is 22.2 Å². The van der Waals surface area contributed by atoms with Gasteiger partial charge in [0.15, 0.2) is 5.69 Å². The summed E-state index contributed by atoms with van der Waals surface area (Å²) in [5.41, 5.74) is 1.05. The summed E-state index contributed by atoms with van der Waals surface area (Å²) in [5.74, 6) is 1.48. The number of rotatable bonds is 3. The second kappa shape index (κ2) is 4.55. The maximum absolute atomic E-state index is 11.8. The van der Waals surface area contributed by atoms with Gasteiger partial charge in [-0.25, -0.2) is 9.78 Å². The molecule has 2 aromatic heterocycles. The summed E-state index contributed by atoms with van der Waals surface area (Å²) in [6.07, 6.45) is 1.88. The summed E-state index contributed by atoms with van der Waals surface area (Å²) in [5, 5.41) is 3.21. The third-order valence-electron chi connectivity index (χ3n) is 3.40. The van der Waals surface area contributed by atoms with Crippen molar-refractivity contribution in [3.8, 4) is 5.75 Å². The number of fused-ring (bicyclic) bond motifs is 1. The van der Waals surface area contributed by atoms with Gasteiger partial charge in [-0.15, -0.1) is 0 Å². The van der Waals surface area contributed by atoms with Crippen molar-refractivity contribution in [1.29, 1.82) is 0 Å². The first kappa shape index (κ1) is 12.0.